The summed E-state index contributed by atoms with van der Waals surface area (Å²) in [5.41, 5.74) is 6.74. The van der Waals surface area contributed by atoms with Crippen molar-refractivity contribution in [3.63, 3.8) is 0 Å². The maximum Gasteiger partial charge on any atom is 0.137 e. The zero-order valence-corrected chi connectivity index (χ0v) is 12.1. The predicted octanol–water partition coefficient (Wildman–Crippen LogP) is 4.24. The van der Waals surface area contributed by atoms with Crippen molar-refractivity contribution in [2.24, 2.45) is 5.73 Å². The molecule has 0 bridgehead atoms. The molecule has 0 spiro atoms. The average Bonchev–Trinajstić information content (AvgIpc) is 2.36. The molecule has 4 heteroatoms. The minimum Gasteiger partial charge on any atom is -0.330 e. The van der Waals surface area contributed by atoms with Gasteiger partial charge in [-0.25, -0.2) is 4.39 Å². The van der Waals surface area contributed by atoms with Crippen LogP contribution in [-0.2, 0) is 6.42 Å². The van der Waals surface area contributed by atoms with E-state index in [9.17, 15) is 4.39 Å². The molecule has 2 aromatic carbocycles. The summed E-state index contributed by atoms with van der Waals surface area (Å²) < 4.78 is 14.6. The Kier molecular flexibility index (Phi) is 4.80. The van der Waals surface area contributed by atoms with Gasteiger partial charge in [0.2, 0.25) is 0 Å². The summed E-state index contributed by atoms with van der Waals surface area (Å²) in [6, 6.07) is 12.8. The Hall–Kier alpha value is -0.840. The van der Waals surface area contributed by atoms with E-state index in [0.29, 0.717) is 11.4 Å². The summed E-state index contributed by atoms with van der Waals surface area (Å²) in [5.74, 6) is -0.193. The van der Waals surface area contributed by atoms with E-state index >= 15 is 0 Å². The van der Waals surface area contributed by atoms with Crippen molar-refractivity contribution in [1.29, 1.82) is 0 Å². The zero-order chi connectivity index (χ0) is 13.0. The molecule has 2 N–H and O–H groups in total. The molecule has 94 valence electrons. The van der Waals surface area contributed by atoms with Crippen LogP contribution < -0.4 is 5.73 Å². The van der Waals surface area contributed by atoms with Gasteiger partial charge in [-0.15, -0.1) is 0 Å². The molecule has 0 unspecified atom stereocenters. The predicted molar refractivity (Wildman–Crippen MR) is 77.4 cm³/mol. The van der Waals surface area contributed by atoms with Gasteiger partial charge < -0.3 is 5.73 Å². The van der Waals surface area contributed by atoms with Gasteiger partial charge in [0.15, 0.2) is 0 Å². The van der Waals surface area contributed by atoms with Crippen LogP contribution in [0.2, 0.25) is 0 Å². The van der Waals surface area contributed by atoms with E-state index in [1.165, 1.54) is 17.8 Å². The van der Waals surface area contributed by atoms with Crippen LogP contribution in [0.15, 0.2) is 56.7 Å². The Balaban J connectivity index is 2.33. The van der Waals surface area contributed by atoms with Gasteiger partial charge in [0.05, 0.1) is 0 Å². The monoisotopic (exact) mass is 325 g/mol. The molecule has 0 aliphatic heterocycles. The topological polar surface area (TPSA) is 26.0 Å². The lowest BCUT2D eigenvalue weighted by atomic mass is 10.1. The molecule has 0 amide bonds. The first kappa shape index (κ1) is 13.6. The number of rotatable bonds is 4. The van der Waals surface area contributed by atoms with Crippen LogP contribution in [0, 0.1) is 5.82 Å². The van der Waals surface area contributed by atoms with Gasteiger partial charge in [-0.1, -0.05) is 45.9 Å². The van der Waals surface area contributed by atoms with E-state index in [1.807, 2.05) is 24.3 Å². The molecule has 0 aliphatic carbocycles. The van der Waals surface area contributed by atoms with E-state index in [4.69, 9.17) is 5.73 Å². The Morgan fingerprint density at radius 3 is 2.61 bits per heavy atom. The maximum absolute atomic E-state index is 13.6. The molecule has 0 radical (unpaired) electrons. The molecule has 0 atom stereocenters. The third-order valence-corrected chi connectivity index (χ3v) is 4.14. The van der Waals surface area contributed by atoms with E-state index in [0.717, 1.165) is 21.4 Å². The molecule has 0 fully saturated rings. The van der Waals surface area contributed by atoms with Crippen LogP contribution >= 0.6 is 27.7 Å². The van der Waals surface area contributed by atoms with Gasteiger partial charge in [-0.05, 0) is 42.8 Å². The highest BCUT2D eigenvalue weighted by atomic mass is 79.9. The largest absolute Gasteiger partial charge is 0.330 e. The lowest BCUT2D eigenvalue weighted by molar-refractivity contribution is 0.602. The third kappa shape index (κ3) is 3.34. The zero-order valence-electron chi connectivity index (χ0n) is 9.70. The minimum absolute atomic E-state index is 0.193. The van der Waals surface area contributed by atoms with Crippen molar-refractivity contribution in [1.82, 2.24) is 0 Å². The molecule has 0 aromatic heterocycles. The standard InChI is InChI=1S/C14H13BrFNS/c15-11-6-5-10(7-8-17)14(9-11)18-13-4-2-1-3-12(13)16/h1-6,9H,7-8,17H2. The first-order valence-corrected chi connectivity index (χ1v) is 7.22. The van der Waals surface area contributed by atoms with Crippen molar-refractivity contribution in [3.05, 3.63) is 58.3 Å². The molecule has 18 heavy (non-hydrogen) atoms. The fraction of sp³-hybridized carbons (Fsp3) is 0.143. The molecule has 0 saturated heterocycles. The maximum atomic E-state index is 13.6. The summed E-state index contributed by atoms with van der Waals surface area (Å²) in [6.45, 7) is 0.590. The second-order valence-corrected chi connectivity index (χ2v) is 5.82. The number of nitrogens with two attached hydrogens (primary N) is 1. The normalized spacial score (nSPS) is 10.6. The van der Waals surface area contributed by atoms with Gasteiger partial charge in [-0.3, -0.25) is 0 Å². The molecular weight excluding hydrogens is 313 g/mol. The molecule has 2 rings (SSSR count). The van der Waals surface area contributed by atoms with Gasteiger partial charge in [-0.2, -0.15) is 0 Å². The number of hydrogen-bond acceptors (Lipinski definition) is 2. The van der Waals surface area contributed by atoms with Crippen LogP contribution in [0.4, 0.5) is 4.39 Å². The van der Waals surface area contributed by atoms with Crippen molar-refractivity contribution in [3.8, 4) is 0 Å². The summed E-state index contributed by atoms with van der Waals surface area (Å²) in [6.07, 6.45) is 0.796. The molecule has 0 aliphatic rings. The Bertz CT molecular complexity index is 545. The fourth-order valence-electron chi connectivity index (χ4n) is 1.63. The summed E-state index contributed by atoms with van der Waals surface area (Å²) in [7, 11) is 0. The van der Waals surface area contributed by atoms with Crippen molar-refractivity contribution < 1.29 is 4.39 Å². The Morgan fingerprint density at radius 2 is 1.89 bits per heavy atom. The van der Waals surface area contributed by atoms with Gasteiger partial charge in [0, 0.05) is 14.3 Å². The van der Waals surface area contributed by atoms with Crippen molar-refractivity contribution >= 4 is 27.7 Å². The molecule has 2 aromatic rings. The Morgan fingerprint density at radius 1 is 1.11 bits per heavy atom. The average molecular weight is 326 g/mol. The van der Waals surface area contributed by atoms with Crippen molar-refractivity contribution in [2.45, 2.75) is 16.2 Å². The summed E-state index contributed by atoms with van der Waals surface area (Å²) >= 11 is 4.88. The highest BCUT2D eigenvalue weighted by molar-refractivity contribution is 9.10. The first-order valence-electron chi connectivity index (χ1n) is 5.61. The highest BCUT2D eigenvalue weighted by Crippen LogP contribution is 2.34. The van der Waals surface area contributed by atoms with E-state index in [-0.39, 0.29) is 5.82 Å². The lowest BCUT2D eigenvalue weighted by Crippen LogP contribution is -2.03. The van der Waals surface area contributed by atoms with Crippen LogP contribution in [0.25, 0.3) is 0 Å². The van der Waals surface area contributed by atoms with Crippen LogP contribution in [0.5, 0.6) is 0 Å². The van der Waals surface area contributed by atoms with Crippen LogP contribution in [-0.4, -0.2) is 6.54 Å². The fourth-order valence-corrected chi connectivity index (χ4v) is 3.18. The second kappa shape index (κ2) is 6.36. The summed E-state index contributed by atoms with van der Waals surface area (Å²) in [4.78, 5) is 1.67. The molecule has 0 saturated carbocycles. The summed E-state index contributed by atoms with van der Waals surface area (Å²) in [5, 5.41) is 0. The van der Waals surface area contributed by atoms with E-state index in [1.54, 1.807) is 12.1 Å². The minimum atomic E-state index is -0.193. The third-order valence-electron chi connectivity index (χ3n) is 2.50. The quantitative estimate of drug-likeness (QED) is 0.909. The second-order valence-electron chi connectivity index (χ2n) is 3.82. The first-order chi connectivity index (χ1) is 8.70. The van der Waals surface area contributed by atoms with Gasteiger partial charge >= 0.3 is 0 Å². The molecule has 0 heterocycles. The van der Waals surface area contributed by atoms with E-state index < -0.39 is 0 Å². The SMILES string of the molecule is NCCc1ccc(Br)cc1Sc1ccccc1F. The number of hydrogen-bond donors (Lipinski definition) is 1. The molecule has 1 nitrogen and oxygen atoms in total. The van der Waals surface area contributed by atoms with Gasteiger partial charge in [0.1, 0.15) is 5.82 Å². The van der Waals surface area contributed by atoms with E-state index in [2.05, 4.69) is 15.9 Å². The molecular formula is C14H13BrFNS. The number of benzene rings is 2. The lowest BCUT2D eigenvalue weighted by Gasteiger charge is -2.09. The van der Waals surface area contributed by atoms with Crippen LogP contribution in [0.3, 0.4) is 0 Å². The van der Waals surface area contributed by atoms with Crippen molar-refractivity contribution in [2.75, 3.05) is 6.54 Å². The smallest absolute Gasteiger partial charge is 0.137 e. The Labute approximate surface area is 119 Å². The number of halogens is 2. The van der Waals surface area contributed by atoms with Gasteiger partial charge in [0.25, 0.3) is 0 Å². The van der Waals surface area contributed by atoms with Crippen LogP contribution in [0.1, 0.15) is 5.56 Å². The highest BCUT2D eigenvalue weighted by Gasteiger charge is 2.08.